The topological polar surface area (TPSA) is 31.9 Å². The second-order valence-electron chi connectivity index (χ2n) is 8.71. The van der Waals surface area contributed by atoms with E-state index in [-0.39, 0.29) is 17.3 Å². The van der Waals surface area contributed by atoms with Crippen molar-refractivity contribution in [2.75, 3.05) is 13.1 Å². The average molecular weight is 426 g/mol. The second kappa shape index (κ2) is 9.09. The van der Waals surface area contributed by atoms with Gasteiger partial charge in [-0.3, -0.25) is 10.00 Å². The van der Waals surface area contributed by atoms with Crippen LogP contribution in [0.15, 0.2) is 97.2 Å². The molecule has 0 bridgehead atoms. The van der Waals surface area contributed by atoms with Crippen molar-refractivity contribution in [1.82, 2.24) is 15.1 Å². The lowest BCUT2D eigenvalue weighted by atomic mass is 9.68. The zero-order chi connectivity index (χ0) is 21.8. The maximum absolute atomic E-state index is 13.4. The molecule has 1 aromatic heterocycles. The van der Waals surface area contributed by atoms with Crippen LogP contribution in [0.25, 0.3) is 0 Å². The van der Waals surface area contributed by atoms with E-state index in [2.05, 4.69) is 81.8 Å². The Morgan fingerprint density at radius 2 is 1.41 bits per heavy atom. The summed E-state index contributed by atoms with van der Waals surface area (Å²) in [7, 11) is 0. The maximum atomic E-state index is 13.4. The molecule has 0 aliphatic carbocycles. The zero-order valence-electron chi connectivity index (χ0n) is 18.1. The molecule has 4 heteroatoms. The van der Waals surface area contributed by atoms with E-state index in [1.165, 1.54) is 11.1 Å². The van der Waals surface area contributed by atoms with E-state index in [4.69, 9.17) is 0 Å². The molecule has 1 N–H and O–H groups in total. The molecular weight excluding hydrogens is 397 g/mol. The number of aromatic amines is 1. The Bertz CT molecular complexity index is 1060. The number of halogens is 1. The van der Waals surface area contributed by atoms with Crippen molar-refractivity contribution in [2.45, 2.75) is 30.7 Å². The van der Waals surface area contributed by atoms with E-state index in [9.17, 15) is 4.39 Å². The van der Waals surface area contributed by atoms with Gasteiger partial charge in [-0.1, -0.05) is 72.8 Å². The summed E-state index contributed by atoms with van der Waals surface area (Å²) in [4.78, 5) is 2.56. The molecule has 3 aromatic carbocycles. The summed E-state index contributed by atoms with van der Waals surface area (Å²) < 4.78 is 13.4. The van der Waals surface area contributed by atoms with Crippen molar-refractivity contribution >= 4 is 0 Å². The van der Waals surface area contributed by atoms with Gasteiger partial charge in [-0.05, 0) is 67.2 Å². The van der Waals surface area contributed by atoms with Crippen LogP contribution in [0.3, 0.4) is 0 Å². The molecule has 1 unspecified atom stereocenters. The van der Waals surface area contributed by atoms with Gasteiger partial charge in [-0.2, -0.15) is 5.10 Å². The van der Waals surface area contributed by atoms with Crippen LogP contribution in [0.1, 0.15) is 41.3 Å². The van der Waals surface area contributed by atoms with E-state index in [1.54, 1.807) is 12.1 Å². The highest BCUT2D eigenvalue weighted by Gasteiger charge is 2.39. The van der Waals surface area contributed by atoms with Crippen molar-refractivity contribution in [3.05, 3.63) is 125 Å². The normalized spacial score (nSPS) is 17.2. The molecule has 162 valence electrons. The molecule has 32 heavy (non-hydrogen) atoms. The molecule has 0 spiro atoms. The lowest BCUT2D eigenvalue weighted by molar-refractivity contribution is 0.125. The number of rotatable bonds is 6. The Kier molecular flexibility index (Phi) is 5.87. The van der Waals surface area contributed by atoms with Gasteiger partial charge in [0.25, 0.3) is 0 Å². The summed E-state index contributed by atoms with van der Waals surface area (Å²) in [6.45, 7) is 1.96. The van der Waals surface area contributed by atoms with Gasteiger partial charge in [-0.15, -0.1) is 0 Å². The van der Waals surface area contributed by atoms with E-state index in [0.717, 1.165) is 43.6 Å². The summed E-state index contributed by atoms with van der Waals surface area (Å²) in [6, 6.07) is 31.0. The minimum atomic E-state index is -0.194. The van der Waals surface area contributed by atoms with Gasteiger partial charge in [0.1, 0.15) is 5.82 Å². The summed E-state index contributed by atoms with van der Waals surface area (Å²) in [5.41, 5.74) is 5.05. The van der Waals surface area contributed by atoms with Gasteiger partial charge >= 0.3 is 0 Å². The fraction of sp³-hybridized carbons (Fsp3) is 0.250. The minimum absolute atomic E-state index is 0.0213. The number of H-pyrrole nitrogens is 1. The molecule has 4 aromatic rings. The smallest absolute Gasteiger partial charge is 0.123 e. The standard InChI is InChI=1S/C28H28FN3/c29-25-13-11-22(12-14-25)21-27(26-15-18-30-31-26)32-19-16-28(17-20-32,23-7-3-1-4-8-23)24-9-5-2-6-10-24/h1-15,18,27H,16-17,19-21H2,(H,30,31). The number of likely N-dealkylation sites (tertiary alicyclic amines) is 1. The molecule has 5 rings (SSSR count). The second-order valence-corrected chi connectivity index (χ2v) is 8.71. The molecule has 1 saturated heterocycles. The van der Waals surface area contributed by atoms with Crippen LogP contribution in [0, 0.1) is 5.82 Å². The Morgan fingerprint density at radius 3 is 1.94 bits per heavy atom. The third kappa shape index (κ3) is 4.11. The lowest BCUT2D eigenvalue weighted by Gasteiger charge is -2.45. The van der Waals surface area contributed by atoms with Gasteiger partial charge in [-0.25, -0.2) is 4.39 Å². The Hall–Kier alpha value is -3.24. The highest BCUT2D eigenvalue weighted by molar-refractivity contribution is 5.40. The third-order valence-corrected chi connectivity index (χ3v) is 6.97. The number of aromatic nitrogens is 2. The Labute approximate surface area is 188 Å². The van der Waals surface area contributed by atoms with Crippen LogP contribution in [0.5, 0.6) is 0 Å². The van der Waals surface area contributed by atoms with E-state index in [0.29, 0.717) is 0 Å². The molecule has 1 atom stereocenters. The van der Waals surface area contributed by atoms with E-state index < -0.39 is 0 Å². The van der Waals surface area contributed by atoms with Crippen LogP contribution >= 0.6 is 0 Å². The third-order valence-electron chi connectivity index (χ3n) is 6.97. The van der Waals surface area contributed by atoms with E-state index in [1.807, 2.05) is 18.3 Å². The number of hydrogen-bond donors (Lipinski definition) is 1. The van der Waals surface area contributed by atoms with Crippen LogP contribution in [0.2, 0.25) is 0 Å². The number of benzene rings is 3. The summed E-state index contributed by atoms with van der Waals surface area (Å²) in [6.07, 6.45) is 4.74. The predicted molar refractivity (Wildman–Crippen MR) is 126 cm³/mol. The maximum Gasteiger partial charge on any atom is 0.123 e. The van der Waals surface area contributed by atoms with Crippen molar-refractivity contribution in [3.63, 3.8) is 0 Å². The van der Waals surface area contributed by atoms with Gasteiger partial charge < -0.3 is 0 Å². The van der Waals surface area contributed by atoms with Gasteiger partial charge in [0, 0.05) is 11.6 Å². The van der Waals surface area contributed by atoms with Crippen LogP contribution in [-0.4, -0.2) is 28.2 Å². The summed E-state index contributed by atoms with van der Waals surface area (Å²) in [5, 5.41) is 7.39. The molecule has 2 heterocycles. The van der Waals surface area contributed by atoms with Gasteiger partial charge in [0.05, 0.1) is 11.7 Å². The zero-order valence-corrected chi connectivity index (χ0v) is 18.1. The average Bonchev–Trinajstić information content (AvgIpc) is 3.40. The van der Waals surface area contributed by atoms with Gasteiger partial charge in [0.2, 0.25) is 0 Å². The first-order valence-electron chi connectivity index (χ1n) is 11.3. The molecule has 1 aliphatic rings. The number of nitrogens with zero attached hydrogens (tertiary/aromatic N) is 2. The molecule has 1 aliphatic heterocycles. The Morgan fingerprint density at radius 1 is 0.812 bits per heavy atom. The first-order valence-corrected chi connectivity index (χ1v) is 11.3. The summed E-state index contributed by atoms with van der Waals surface area (Å²) in [5.74, 6) is -0.194. The monoisotopic (exact) mass is 425 g/mol. The molecule has 0 saturated carbocycles. The van der Waals surface area contributed by atoms with Crippen molar-refractivity contribution in [1.29, 1.82) is 0 Å². The molecular formula is C28H28FN3. The fourth-order valence-electron chi connectivity index (χ4n) is 5.21. The first-order chi connectivity index (χ1) is 15.7. The van der Waals surface area contributed by atoms with Crippen LogP contribution < -0.4 is 0 Å². The van der Waals surface area contributed by atoms with Gasteiger partial charge in [0.15, 0.2) is 0 Å². The van der Waals surface area contributed by atoms with Crippen LogP contribution in [-0.2, 0) is 11.8 Å². The van der Waals surface area contributed by atoms with Crippen LogP contribution in [0.4, 0.5) is 4.39 Å². The van der Waals surface area contributed by atoms with Crippen molar-refractivity contribution in [3.8, 4) is 0 Å². The molecule has 1 fully saturated rings. The predicted octanol–water partition coefficient (Wildman–Crippen LogP) is 5.91. The molecule has 3 nitrogen and oxygen atoms in total. The number of piperidine rings is 1. The fourth-order valence-corrected chi connectivity index (χ4v) is 5.21. The highest BCUT2D eigenvalue weighted by Crippen LogP contribution is 2.43. The Balaban J connectivity index is 1.43. The van der Waals surface area contributed by atoms with Crippen molar-refractivity contribution in [2.24, 2.45) is 0 Å². The summed E-state index contributed by atoms with van der Waals surface area (Å²) >= 11 is 0. The first kappa shape index (κ1) is 20.7. The molecule has 0 amide bonds. The lowest BCUT2D eigenvalue weighted by Crippen LogP contribution is -2.45. The quantitative estimate of drug-likeness (QED) is 0.416. The number of hydrogen-bond acceptors (Lipinski definition) is 2. The molecule has 0 radical (unpaired) electrons. The largest absolute Gasteiger partial charge is 0.294 e. The number of nitrogens with one attached hydrogen (secondary N) is 1. The SMILES string of the molecule is Fc1ccc(CC(c2ccn[nH]2)N2CCC(c3ccccc3)(c3ccccc3)CC2)cc1. The highest BCUT2D eigenvalue weighted by atomic mass is 19.1. The minimum Gasteiger partial charge on any atom is -0.294 e. The van der Waals surface area contributed by atoms with E-state index >= 15 is 0 Å². The van der Waals surface area contributed by atoms with Crippen molar-refractivity contribution < 1.29 is 4.39 Å².